The van der Waals surface area contributed by atoms with Crippen molar-refractivity contribution in [3.63, 3.8) is 0 Å². The van der Waals surface area contributed by atoms with Crippen LogP contribution < -0.4 is 0 Å². The van der Waals surface area contributed by atoms with Crippen LogP contribution in [0.5, 0.6) is 0 Å². The average molecular weight is 613 g/mol. The van der Waals surface area contributed by atoms with Crippen LogP contribution in [0.4, 0.5) is 0 Å². The van der Waals surface area contributed by atoms with Gasteiger partial charge >= 0.3 is 5.97 Å². The number of rotatable bonds is 19. The maximum atomic E-state index is 13.5. The first kappa shape index (κ1) is 35.4. The van der Waals surface area contributed by atoms with Gasteiger partial charge in [-0.15, -0.1) is 0 Å². The molecule has 5 nitrogen and oxygen atoms in total. The van der Waals surface area contributed by atoms with Gasteiger partial charge in [0.1, 0.15) is 5.60 Å². The lowest BCUT2D eigenvalue weighted by atomic mass is 9.46. The summed E-state index contributed by atoms with van der Waals surface area (Å²) < 4.78 is 5.44. The number of fused-ring (bicyclic) bond motifs is 5. The molecule has 44 heavy (non-hydrogen) atoms. The predicted molar refractivity (Wildman–Crippen MR) is 177 cm³/mol. The van der Waals surface area contributed by atoms with E-state index < -0.39 is 11.0 Å². The number of ketones is 2. The van der Waals surface area contributed by atoms with Crippen molar-refractivity contribution < 1.29 is 24.2 Å². The molecule has 4 rings (SSSR count). The highest BCUT2D eigenvalue weighted by Crippen LogP contribution is 2.67. The van der Waals surface area contributed by atoms with Crippen LogP contribution in [0, 0.1) is 28.6 Å². The molecule has 4 aliphatic rings. The summed E-state index contributed by atoms with van der Waals surface area (Å²) in [7, 11) is 0. The Hall–Kier alpha value is -1.49. The third-order valence-corrected chi connectivity index (χ3v) is 12.9. The van der Waals surface area contributed by atoms with Gasteiger partial charge in [-0.3, -0.25) is 14.4 Å². The van der Waals surface area contributed by atoms with Crippen LogP contribution in [0.2, 0.25) is 0 Å². The van der Waals surface area contributed by atoms with E-state index in [1.54, 1.807) is 0 Å². The molecule has 0 radical (unpaired) electrons. The highest BCUT2D eigenvalue weighted by molar-refractivity contribution is 5.92. The normalized spacial score (nSPS) is 32.9. The van der Waals surface area contributed by atoms with Gasteiger partial charge in [0.05, 0.1) is 0 Å². The number of Topliss-reactive ketones (excluding diaryl/α,β-unsaturated/α-hetero) is 1. The molecule has 5 heteroatoms. The topological polar surface area (TPSA) is 80.7 Å². The molecule has 6 atom stereocenters. The number of aliphatic hydroxyl groups is 1. The fourth-order valence-electron chi connectivity index (χ4n) is 10.0. The molecule has 0 aliphatic heterocycles. The first-order valence-electron chi connectivity index (χ1n) is 18.8. The molecule has 6 unspecified atom stereocenters. The van der Waals surface area contributed by atoms with Crippen molar-refractivity contribution in [1.82, 2.24) is 0 Å². The molecule has 3 fully saturated rings. The first-order valence-corrected chi connectivity index (χ1v) is 18.8. The van der Waals surface area contributed by atoms with Crippen LogP contribution >= 0.6 is 0 Å². The second-order valence-electron chi connectivity index (χ2n) is 15.6. The van der Waals surface area contributed by atoms with E-state index in [1.165, 1.54) is 82.6 Å². The van der Waals surface area contributed by atoms with Gasteiger partial charge in [-0.1, -0.05) is 116 Å². The molecule has 0 saturated heterocycles. The Bertz CT molecular complexity index is 1000. The van der Waals surface area contributed by atoms with Crippen LogP contribution in [-0.4, -0.2) is 34.9 Å². The Morgan fingerprint density at radius 2 is 1.34 bits per heavy atom. The molecule has 0 aromatic carbocycles. The predicted octanol–water partition coefficient (Wildman–Crippen LogP) is 9.62. The van der Waals surface area contributed by atoms with Crippen LogP contribution in [0.15, 0.2) is 11.6 Å². The molecule has 250 valence electrons. The monoisotopic (exact) mass is 612 g/mol. The zero-order chi connectivity index (χ0) is 31.6. The Morgan fingerprint density at radius 3 is 1.95 bits per heavy atom. The number of hydrogen-bond donors (Lipinski definition) is 1. The number of ether oxygens (including phenoxy) is 1. The molecule has 0 amide bonds. The second-order valence-corrected chi connectivity index (χ2v) is 15.6. The van der Waals surface area contributed by atoms with Gasteiger partial charge in [0.15, 0.2) is 12.4 Å². The third-order valence-electron chi connectivity index (χ3n) is 12.9. The Kier molecular flexibility index (Phi) is 13.2. The van der Waals surface area contributed by atoms with Crippen LogP contribution in [0.1, 0.15) is 175 Å². The summed E-state index contributed by atoms with van der Waals surface area (Å²) in [5, 5.41) is 11.9. The van der Waals surface area contributed by atoms with E-state index in [4.69, 9.17) is 4.74 Å². The summed E-state index contributed by atoms with van der Waals surface area (Å²) in [5.41, 5.74) is -0.486. The molecular formula is C39H64O5. The molecule has 4 aliphatic carbocycles. The fourth-order valence-corrected chi connectivity index (χ4v) is 10.0. The summed E-state index contributed by atoms with van der Waals surface area (Å²) in [4.78, 5) is 38.0. The minimum absolute atomic E-state index is 0.0748. The van der Waals surface area contributed by atoms with Crippen LogP contribution in [-0.2, 0) is 19.1 Å². The number of carbonyl (C=O) groups is 3. The Morgan fingerprint density at radius 1 is 0.773 bits per heavy atom. The lowest BCUT2D eigenvalue weighted by Gasteiger charge is -2.58. The number of esters is 1. The zero-order valence-corrected chi connectivity index (χ0v) is 28.6. The molecule has 0 heterocycles. The second kappa shape index (κ2) is 16.4. The molecule has 0 aromatic heterocycles. The summed E-state index contributed by atoms with van der Waals surface area (Å²) >= 11 is 0. The first-order chi connectivity index (χ1) is 21.2. The van der Waals surface area contributed by atoms with Crippen LogP contribution in [0.25, 0.3) is 0 Å². The number of hydrogen-bond acceptors (Lipinski definition) is 5. The fraction of sp³-hybridized carbons (Fsp3) is 0.872. The van der Waals surface area contributed by atoms with Crippen molar-refractivity contribution in [3.8, 4) is 0 Å². The highest BCUT2D eigenvalue weighted by atomic mass is 16.5. The van der Waals surface area contributed by atoms with E-state index in [9.17, 15) is 19.5 Å². The summed E-state index contributed by atoms with van der Waals surface area (Å²) in [5.74, 6) is 0.925. The van der Waals surface area contributed by atoms with Crippen molar-refractivity contribution in [2.24, 2.45) is 28.6 Å². The average Bonchev–Trinajstić information content (AvgIpc) is 3.29. The standard InChI is InChI=1S/C39H64O5/c1-4-5-6-7-8-9-10-11-12-13-14-15-16-17-18-19-36(42)44-29-35(41)39(43)27-24-34-32-21-20-30-28-31(40)22-25-37(30,2)33(32)23-26-38(34,39)3/h28,32-34,43H,4-27,29H2,1-3H3. The van der Waals surface area contributed by atoms with Crippen molar-refractivity contribution >= 4 is 17.5 Å². The molecular weight excluding hydrogens is 548 g/mol. The highest BCUT2D eigenvalue weighted by Gasteiger charge is 2.66. The van der Waals surface area contributed by atoms with Crippen molar-refractivity contribution in [3.05, 3.63) is 11.6 Å². The number of allylic oxidation sites excluding steroid dienone is 1. The van der Waals surface area contributed by atoms with E-state index >= 15 is 0 Å². The number of carbonyl (C=O) groups excluding carboxylic acids is 3. The summed E-state index contributed by atoms with van der Waals surface area (Å²) in [6, 6.07) is 0. The maximum Gasteiger partial charge on any atom is 0.306 e. The van der Waals surface area contributed by atoms with Gasteiger partial charge in [0.2, 0.25) is 5.78 Å². The maximum absolute atomic E-state index is 13.5. The van der Waals surface area contributed by atoms with E-state index in [-0.39, 0.29) is 29.6 Å². The largest absolute Gasteiger partial charge is 0.458 e. The molecule has 1 N–H and O–H groups in total. The van der Waals surface area contributed by atoms with Gasteiger partial charge in [-0.05, 0) is 80.6 Å². The molecule has 0 bridgehead atoms. The van der Waals surface area contributed by atoms with E-state index in [1.807, 2.05) is 6.08 Å². The van der Waals surface area contributed by atoms with E-state index in [2.05, 4.69) is 20.8 Å². The molecule has 0 aromatic rings. The lowest BCUT2D eigenvalue weighted by molar-refractivity contribution is -0.170. The van der Waals surface area contributed by atoms with E-state index in [0.717, 1.165) is 57.8 Å². The Labute approximate surface area is 268 Å². The Balaban J connectivity index is 1.10. The van der Waals surface area contributed by atoms with Crippen molar-refractivity contribution in [2.75, 3.05) is 6.61 Å². The van der Waals surface area contributed by atoms with Gasteiger partial charge < -0.3 is 9.84 Å². The zero-order valence-electron chi connectivity index (χ0n) is 28.6. The van der Waals surface area contributed by atoms with Crippen molar-refractivity contribution in [2.45, 2.75) is 180 Å². The quantitative estimate of drug-likeness (QED) is 0.116. The van der Waals surface area contributed by atoms with Gasteiger partial charge in [-0.25, -0.2) is 0 Å². The SMILES string of the molecule is CCCCCCCCCCCCCCCCCC(=O)OCC(=O)C1(O)CCC2C3CCC4=CC(=O)CCC4(C)C3CCC21C. The van der Waals surface area contributed by atoms with Gasteiger partial charge in [0.25, 0.3) is 0 Å². The smallest absolute Gasteiger partial charge is 0.306 e. The third kappa shape index (κ3) is 8.07. The minimum Gasteiger partial charge on any atom is -0.458 e. The lowest BCUT2D eigenvalue weighted by Crippen LogP contribution is -2.58. The molecule has 0 spiro atoms. The van der Waals surface area contributed by atoms with Crippen LogP contribution in [0.3, 0.4) is 0 Å². The van der Waals surface area contributed by atoms with Gasteiger partial charge in [-0.2, -0.15) is 0 Å². The van der Waals surface area contributed by atoms with Crippen molar-refractivity contribution in [1.29, 1.82) is 0 Å². The molecule has 3 saturated carbocycles. The summed E-state index contributed by atoms with van der Waals surface area (Å²) in [6.45, 7) is 6.44. The van der Waals surface area contributed by atoms with Gasteiger partial charge in [0, 0.05) is 18.3 Å². The minimum atomic E-state index is -1.42. The summed E-state index contributed by atoms with van der Waals surface area (Å²) in [6.07, 6.45) is 28.2. The van der Waals surface area contributed by atoms with E-state index in [0.29, 0.717) is 37.0 Å². The number of unbranched alkanes of at least 4 members (excludes halogenated alkanes) is 14.